The van der Waals surface area contributed by atoms with Crippen molar-refractivity contribution in [3.05, 3.63) is 29.8 Å². The summed E-state index contributed by atoms with van der Waals surface area (Å²) in [6, 6.07) is 6.51. The van der Waals surface area contributed by atoms with Gasteiger partial charge < -0.3 is 16.6 Å². The van der Waals surface area contributed by atoms with Gasteiger partial charge in [0.25, 0.3) is 0 Å². The van der Waals surface area contributed by atoms with Crippen LogP contribution < -0.4 is 11.5 Å². The molecule has 0 aromatic heterocycles. The van der Waals surface area contributed by atoms with Crippen LogP contribution in [0, 0.1) is 0 Å². The number of primary amides is 2. The molecule has 6 nitrogen and oxygen atoms in total. The highest BCUT2D eigenvalue weighted by atomic mass is 16.3. The number of nitrogens with two attached hydrogens (primary N) is 2. The van der Waals surface area contributed by atoms with Crippen LogP contribution in [0.5, 0.6) is 5.75 Å². The molecule has 1 atom stereocenters. The second kappa shape index (κ2) is 6.75. The second-order valence-electron chi connectivity index (χ2n) is 4.32. The normalized spacial score (nSPS) is 12.3. The van der Waals surface area contributed by atoms with Crippen molar-refractivity contribution in [3.63, 3.8) is 0 Å². The average Bonchev–Trinajstić information content (AvgIpc) is 2.30. The molecule has 1 aromatic rings. The summed E-state index contributed by atoms with van der Waals surface area (Å²) in [4.78, 5) is 23.8. The lowest BCUT2D eigenvalue weighted by molar-refractivity contribution is -0.123. The van der Waals surface area contributed by atoms with Crippen molar-refractivity contribution in [2.75, 3.05) is 13.1 Å². The van der Waals surface area contributed by atoms with E-state index in [9.17, 15) is 14.7 Å². The number of hydrogen-bond acceptors (Lipinski definition) is 4. The van der Waals surface area contributed by atoms with E-state index in [0.717, 1.165) is 0 Å². The molecule has 2 amide bonds. The van der Waals surface area contributed by atoms with Crippen LogP contribution in [0.3, 0.4) is 0 Å². The van der Waals surface area contributed by atoms with Gasteiger partial charge in [-0.05, 0) is 12.5 Å². The zero-order valence-electron chi connectivity index (χ0n) is 10.9. The standard InChI is InChI=1S/C13H19N3O3/c1-2-10(9-5-3-4-6-11(9)17)16(7-12(14)18)8-13(15)19/h3-6,10,17H,2,7-8H2,1H3,(H2,14,18)(H2,15,19). The Kier molecular flexibility index (Phi) is 5.32. The fourth-order valence-corrected chi connectivity index (χ4v) is 2.12. The number of amides is 2. The average molecular weight is 265 g/mol. The number of carbonyl (C=O) groups excluding carboxylic acids is 2. The predicted molar refractivity (Wildman–Crippen MR) is 71.1 cm³/mol. The molecule has 1 aromatic carbocycles. The second-order valence-corrected chi connectivity index (χ2v) is 4.32. The number of para-hydroxylation sites is 1. The summed E-state index contributed by atoms with van der Waals surface area (Å²) in [7, 11) is 0. The number of carbonyl (C=O) groups is 2. The summed E-state index contributed by atoms with van der Waals surface area (Å²) in [5.74, 6) is -0.974. The monoisotopic (exact) mass is 265 g/mol. The number of benzene rings is 1. The molecule has 0 aliphatic carbocycles. The van der Waals surface area contributed by atoms with Gasteiger partial charge in [0.05, 0.1) is 13.1 Å². The number of aromatic hydroxyl groups is 1. The Morgan fingerprint density at radius 1 is 1.21 bits per heavy atom. The molecule has 0 radical (unpaired) electrons. The predicted octanol–water partition coefficient (Wildman–Crippen LogP) is 0.116. The highest BCUT2D eigenvalue weighted by molar-refractivity contribution is 5.79. The van der Waals surface area contributed by atoms with Crippen molar-refractivity contribution >= 4 is 11.8 Å². The molecule has 1 unspecified atom stereocenters. The van der Waals surface area contributed by atoms with E-state index in [1.165, 1.54) is 0 Å². The fourth-order valence-electron chi connectivity index (χ4n) is 2.12. The fraction of sp³-hybridized carbons (Fsp3) is 0.385. The number of nitrogens with zero attached hydrogens (tertiary/aromatic N) is 1. The molecule has 0 spiro atoms. The first kappa shape index (κ1) is 15.0. The van der Waals surface area contributed by atoms with E-state index in [2.05, 4.69) is 0 Å². The smallest absolute Gasteiger partial charge is 0.231 e. The number of rotatable bonds is 7. The summed E-state index contributed by atoms with van der Waals surface area (Å²) < 4.78 is 0. The molecule has 0 aliphatic rings. The van der Waals surface area contributed by atoms with Gasteiger partial charge in [-0.15, -0.1) is 0 Å². The summed E-state index contributed by atoms with van der Waals surface area (Å²) >= 11 is 0. The zero-order valence-corrected chi connectivity index (χ0v) is 10.9. The van der Waals surface area contributed by atoms with Crippen LogP contribution in [0.25, 0.3) is 0 Å². The van der Waals surface area contributed by atoms with Gasteiger partial charge in [0.2, 0.25) is 11.8 Å². The highest BCUT2D eigenvalue weighted by Crippen LogP contribution is 2.30. The third kappa shape index (κ3) is 4.26. The topological polar surface area (TPSA) is 110 Å². The highest BCUT2D eigenvalue weighted by Gasteiger charge is 2.23. The van der Waals surface area contributed by atoms with Crippen LogP contribution in [-0.4, -0.2) is 34.9 Å². The Bertz CT molecular complexity index is 446. The largest absolute Gasteiger partial charge is 0.508 e. The molecule has 5 N–H and O–H groups in total. The Hall–Kier alpha value is -2.08. The van der Waals surface area contributed by atoms with Crippen LogP contribution in [-0.2, 0) is 9.59 Å². The zero-order chi connectivity index (χ0) is 14.4. The Labute approximate surface area is 112 Å². The minimum Gasteiger partial charge on any atom is -0.508 e. The SMILES string of the molecule is CCC(c1ccccc1O)N(CC(N)=O)CC(N)=O. The van der Waals surface area contributed by atoms with Crippen molar-refractivity contribution in [1.29, 1.82) is 0 Å². The Balaban J connectivity index is 3.05. The van der Waals surface area contributed by atoms with Crippen molar-refractivity contribution in [1.82, 2.24) is 4.90 Å². The lowest BCUT2D eigenvalue weighted by Crippen LogP contribution is -2.41. The molecule has 1 rings (SSSR count). The van der Waals surface area contributed by atoms with E-state index < -0.39 is 11.8 Å². The van der Waals surface area contributed by atoms with Gasteiger partial charge in [0.15, 0.2) is 0 Å². The van der Waals surface area contributed by atoms with E-state index in [1.54, 1.807) is 29.2 Å². The van der Waals surface area contributed by atoms with Gasteiger partial charge in [-0.3, -0.25) is 14.5 Å². The van der Waals surface area contributed by atoms with E-state index in [-0.39, 0.29) is 24.9 Å². The molecule has 0 fully saturated rings. The maximum Gasteiger partial charge on any atom is 0.231 e. The Morgan fingerprint density at radius 2 is 1.74 bits per heavy atom. The lowest BCUT2D eigenvalue weighted by atomic mass is 10.0. The van der Waals surface area contributed by atoms with Crippen LogP contribution in [0.2, 0.25) is 0 Å². The number of hydrogen-bond donors (Lipinski definition) is 3. The summed E-state index contributed by atoms with van der Waals surface area (Å²) in [5, 5.41) is 9.87. The molecule has 0 saturated carbocycles. The van der Waals surface area contributed by atoms with Gasteiger partial charge in [-0.25, -0.2) is 0 Å². The third-order valence-electron chi connectivity index (χ3n) is 2.84. The minimum absolute atomic E-state index is 0.0875. The molecule has 0 saturated heterocycles. The van der Waals surface area contributed by atoms with Crippen LogP contribution in [0.15, 0.2) is 24.3 Å². The molecule has 0 bridgehead atoms. The van der Waals surface area contributed by atoms with Gasteiger partial charge in [0.1, 0.15) is 5.75 Å². The molecular weight excluding hydrogens is 246 g/mol. The molecule has 0 aliphatic heterocycles. The summed E-state index contributed by atoms with van der Waals surface area (Å²) in [5.41, 5.74) is 11.0. The molecule has 19 heavy (non-hydrogen) atoms. The molecule has 104 valence electrons. The third-order valence-corrected chi connectivity index (χ3v) is 2.84. The van der Waals surface area contributed by atoms with E-state index in [4.69, 9.17) is 11.5 Å². The van der Waals surface area contributed by atoms with Crippen molar-refractivity contribution in [3.8, 4) is 5.75 Å². The quantitative estimate of drug-likeness (QED) is 0.650. The van der Waals surface area contributed by atoms with E-state index >= 15 is 0 Å². The van der Waals surface area contributed by atoms with Gasteiger partial charge >= 0.3 is 0 Å². The lowest BCUT2D eigenvalue weighted by Gasteiger charge is -2.29. The molecular formula is C13H19N3O3. The van der Waals surface area contributed by atoms with Crippen LogP contribution in [0.1, 0.15) is 24.9 Å². The molecule has 0 heterocycles. The van der Waals surface area contributed by atoms with Crippen LogP contribution >= 0.6 is 0 Å². The van der Waals surface area contributed by atoms with Crippen molar-refractivity contribution in [2.45, 2.75) is 19.4 Å². The maximum absolute atomic E-state index is 11.1. The number of phenols is 1. The number of phenolic OH excluding ortho intramolecular Hbond substituents is 1. The first-order chi connectivity index (χ1) is 8.95. The van der Waals surface area contributed by atoms with Crippen LogP contribution in [0.4, 0.5) is 0 Å². The van der Waals surface area contributed by atoms with E-state index in [1.807, 2.05) is 6.92 Å². The van der Waals surface area contributed by atoms with Crippen molar-refractivity contribution in [2.24, 2.45) is 11.5 Å². The van der Waals surface area contributed by atoms with Gasteiger partial charge in [-0.1, -0.05) is 25.1 Å². The molecule has 6 heteroatoms. The van der Waals surface area contributed by atoms with Crippen molar-refractivity contribution < 1.29 is 14.7 Å². The van der Waals surface area contributed by atoms with E-state index in [0.29, 0.717) is 12.0 Å². The first-order valence-corrected chi connectivity index (χ1v) is 6.04. The maximum atomic E-state index is 11.1. The summed E-state index contributed by atoms with van der Waals surface area (Å²) in [6.07, 6.45) is 0.609. The summed E-state index contributed by atoms with van der Waals surface area (Å²) in [6.45, 7) is 1.72. The minimum atomic E-state index is -0.546. The van der Waals surface area contributed by atoms with Gasteiger partial charge in [0, 0.05) is 11.6 Å². The first-order valence-electron chi connectivity index (χ1n) is 6.04. The van der Waals surface area contributed by atoms with Gasteiger partial charge in [-0.2, -0.15) is 0 Å². The Morgan fingerprint density at radius 3 is 2.16 bits per heavy atom.